The molecule has 1 fully saturated rings. The van der Waals surface area contributed by atoms with E-state index in [1.165, 1.54) is 22.0 Å². The number of amides is 1. The number of benzene rings is 2. The number of aromatic nitrogens is 1. The molecule has 0 aliphatic carbocycles. The highest BCUT2D eigenvalue weighted by Crippen LogP contribution is 2.18. The number of rotatable bonds is 5. The Kier molecular flexibility index (Phi) is 6.82. The molecule has 32 heavy (non-hydrogen) atoms. The largest absolute Gasteiger partial charge is 0.463 e. The van der Waals surface area contributed by atoms with E-state index >= 15 is 0 Å². The molecule has 0 spiro atoms. The molecular weight excluding hydrogens is 428 g/mol. The summed E-state index contributed by atoms with van der Waals surface area (Å²) < 4.78 is 12.5. The van der Waals surface area contributed by atoms with Gasteiger partial charge in [0, 0.05) is 13.1 Å². The van der Waals surface area contributed by atoms with Gasteiger partial charge in [-0.05, 0) is 29.3 Å². The second-order valence-corrected chi connectivity index (χ2v) is 8.36. The van der Waals surface area contributed by atoms with Gasteiger partial charge in [0.1, 0.15) is 11.2 Å². The summed E-state index contributed by atoms with van der Waals surface area (Å²) in [5, 5.41) is 2.09. The Morgan fingerprint density at radius 1 is 1.12 bits per heavy atom. The lowest BCUT2D eigenvalue weighted by Gasteiger charge is -2.26. The molecule has 1 saturated heterocycles. The summed E-state index contributed by atoms with van der Waals surface area (Å²) in [7, 11) is 0. The molecule has 2 aromatic carbocycles. The molecule has 2 heterocycles. The zero-order valence-electron chi connectivity index (χ0n) is 17.8. The third kappa shape index (κ3) is 4.81. The minimum atomic E-state index is -0.543. The van der Waals surface area contributed by atoms with Crippen LogP contribution >= 0.6 is 11.3 Å². The van der Waals surface area contributed by atoms with Crippen LogP contribution in [0, 0.1) is 0 Å². The smallest absolute Gasteiger partial charge is 0.333 e. The van der Waals surface area contributed by atoms with Gasteiger partial charge in [-0.3, -0.25) is 14.2 Å². The zero-order chi connectivity index (χ0) is 22.5. The molecule has 166 valence electrons. The minimum Gasteiger partial charge on any atom is -0.463 e. The standard InChI is InChI=1S/C24H24N2O5S/c1-2-31-23(28)15-22-26(16-21(27)25-10-12-30-13-11-25)24(29)20(32-22)14-18-8-5-7-17-6-3-4-9-19(17)18/h3-9,14-15H,2,10-13,16H2,1H3. The van der Waals surface area contributed by atoms with Crippen LogP contribution in [0.15, 0.2) is 47.3 Å². The molecular formula is C24H24N2O5S. The molecule has 0 saturated carbocycles. The van der Waals surface area contributed by atoms with Crippen molar-refractivity contribution in [2.75, 3.05) is 32.9 Å². The lowest BCUT2D eigenvalue weighted by atomic mass is 10.0. The maximum atomic E-state index is 13.3. The van der Waals surface area contributed by atoms with Gasteiger partial charge in [-0.15, -0.1) is 11.3 Å². The van der Waals surface area contributed by atoms with Crippen LogP contribution < -0.4 is 14.8 Å². The van der Waals surface area contributed by atoms with E-state index in [-0.39, 0.29) is 24.6 Å². The number of thiazole rings is 1. The van der Waals surface area contributed by atoms with Crippen LogP contribution in [-0.4, -0.2) is 54.3 Å². The normalized spacial score (nSPS) is 15.3. The molecule has 3 aromatic rings. The fraction of sp³-hybridized carbons (Fsp3) is 0.292. The highest BCUT2D eigenvalue weighted by molar-refractivity contribution is 7.07. The van der Waals surface area contributed by atoms with Crippen molar-refractivity contribution in [1.82, 2.24) is 9.47 Å². The topological polar surface area (TPSA) is 77.8 Å². The number of hydrogen-bond donors (Lipinski definition) is 0. The Bertz CT molecular complexity index is 1310. The van der Waals surface area contributed by atoms with Crippen LogP contribution in [0.3, 0.4) is 0 Å². The monoisotopic (exact) mass is 452 g/mol. The zero-order valence-corrected chi connectivity index (χ0v) is 18.6. The van der Waals surface area contributed by atoms with Crippen molar-refractivity contribution in [3.05, 3.63) is 67.6 Å². The van der Waals surface area contributed by atoms with E-state index in [0.29, 0.717) is 35.5 Å². The van der Waals surface area contributed by atoms with E-state index in [0.717, 1.165) is 16.3 Å². The number of morpholine rings is 1. The van der Waals surface area contributed by atoms with Crippen molar-refractivity contribution in [2.45, 2.75) is 13.5 Å². The second kappa shape index (κ2) is 9.93. The molecule has 7 nitrogen and oxygen atoms in total. The summed E-state index contributed by atoms with van der Waals surface area (Å²) in [5.74, 6) is -0.721. The first kappa shape index (κ1) is 22.0. The molecule has 1 amide bonds. The van der Waals surface area contributed by atoms with Crippen LogP contribution in [0.25, 0.3) is 22.9 Å². The molecule has 0 radical (unpaired) electrons. The fourth-order valence-corrected chi connectivity index (χ4v) is 4.66. The quantitative estimate of drug-likeness (QED) is 0.542. The molecule has 0 atom stereocenters. The summed E-state index contributed by atoms with van der Waals surface area (Å²) in [6.45, 7) is 3.75. The van der Waals surface area contributed by atoms with Crippen molar-refractivity contribution in [1.29, 1.82) is 0 Å². The first-order valence-corrected chi connectivity index (χ1v) is 11.3. The summed E-state index contributed by atoms with van der Waals surface area (Å²) in [6, 6.07) is 13.8. The highest BCUT2D eigenvalue weighted by atomic mass is 32.1. The molecule has 1 aliphatic heterocycles. The van der Waals surface area contributed by atoms with Crippen LogP contribution in [0.5, 0.6) is 0 Å². The first-order valence-electron chi connectivity index (χ1n) is 10.5. The van der Waals surface area contributed by atoms with Crippen molar-refractivity contribution in [2.24, 2.45) is 0 Å². The van der Waals surface area contributed by atoms with Gasteiger partial charge in [-0.1, -0.05) is 42.5 Å². The first-order chi connectivity index (χ1) is 15.6. The molecule has 0 N–H and O–H groups in total. The molecule has 4 rings (SSSR count). The second-order valence-electron chi connectivity index (χ2n) is 7.30. The number of nitrogens with zero attached hydrogens (tertiary/aromatic N) is 2. The number of hydrogen-bond acceptors (Lipinski definition) is 6. The van der Waals surface area contributed by atoms with Gasteiger partial charge in [-0.25, -0.2) is 4.79 Å². The highest BCUT2D eigenvalue weighted by Gasteiger charge is 2.19. The van der Waals surface area contributed by atoms with Gasteiger partial charge in [0.25, 0.3) is 5.56 Å². The van der Waals surface area contributed by atoms with Crippen molar-refractivity contribution in [3.63, 3.8) is 0 Å². The molecule has 8 heteroatoms. The third-order valence-electron chi connectivity index (χ3n) is 5.23. The minimum absolute atomic E-state index is 0.135. The number of carbonyl (C=O) groups is 2. The number of fused-ring (bicyclic) bond motifs is 1. The van der Waals surface area contributed by atoms with E-state index in [2.05, 4.69) is 0 Å². The molecule has 1 aliphatic rings. The lowest BCUT2D eigenvalue weighted by Crippen LogP contribution is -2.45. The number of carbonyl (C=O) groups excluding carboxylic acids is 2. The van der Waals surface area contributed by atoms with Gasteiger partial charge in [0.15, 0.2) is 0 Å². The van der Waals surface area contributed by atoms with Crippen LogP contribution in [0.4, 0.5) is 0 Å². The average molecular weight is 453 g/mol. The maximum Gasteiger partial charge on any atom is 0.333 e. The van der Waals surface area contributed by atoms with Crippen LogP contribution in [0.1, 0.15) is 12.5 Å². The summed E-state index contributed by atoms with van der Waals surface area (Å²) in [4.78, 5) is 39.8. The van der Waals surface area contributed by atoms with Crippen LogP contribution in [0.2, 0.25) is 0 Å². The van der Waals surface area contributed by atoms with E-state index in [4.69, 9.17) is 9.47 Å². The Labute approximate surface area is 188 Å². The van der Waals surface area contributed by atoms with Crippen LogP contribution in [-0.2, 0) is 25.6 Å². The number of ether oxygens (including phenoxy) is 2. The van der Waals surface area contributed by atoms with Gasteiger partial charge >= 0.3 is 5.97 Å². The average Bonchev–Trinajstić information content (AvgIpc) is 3.08. The SMILES string of the molecule is CCOC(=O)C=c1sc(=Cc2cccc3ccccc23)c(=O)n1CC(=O)N1CCOCC1. The molecule has 0 bridgehead atoms. The Morgan fingerprint density at radius 3 is 2.66 bits per heavy atom. The molecule has 1 aromatic heterocycles. The number of esters is 1. The van der Waals surface area contributed by atoms with Gasteiger partial charge in [-0.2, -0.15) is 0 Å². The molecule has 0 unspecified atom stereocenters. The van der Waals surface area contributed by atoms with E-state index in [9.17, 15) is 14.4 Å². The third-order valence-corrected chi connectivity index (χ3v) is 6.29. The summed E-state index contributed by atoms with van der Waals surface area (Å²) in [5.41, 5.74) is 0.593. The van der Waals surface area contributed by atoms with Gasteiger partial charge in [0.2, 0.25) is 5.91 Å². The summed E-state index contributed by atoms with van der Waals surface area (Å²) in [6.07, 6.45) is 3.09. The predicted molar refractivity (Wildman–Crippen MR) is 124 cm³/mol. The Balaban J connectivity index is 1.80. The Morgan fingerprint density at radius 2 is 1.88 bits per heavy atom. The van der Waals surface area contributed by atoms with E-state index in [1.54, 1.807) is 11.8 Å². The van der Waals surface area contributed by atoms with E-state index in [1.807, 2.05) is 48.5 Å². The summed E-state index contributed by atoms with van der Waals surface area (Å²) >= 11 is 1.18. The van der Waals surface area contributed by atoms with Crippen molar-refractivity contribution < 1.29 is 19.1 Å². The fourth-order valence-electron chi connectivity index (χ4n) is 3.64. The Hall–Kier alpha value is -3.23. The lowest BCUT2D eigenvalue weighted by molar-refractivity contribution is -0.136. The van der Waals surface area contributed by atoms with Crippen molar-refractivity contribution >= 4 is 46.1 Å². The predicted octanol–water partition coefficient (Wildman–Crippen LogP) is 1.09. The maximum absolute atomic E-state index is 13.3. The van der Waals surface area contributed by atoms with Gasteiger partial charge in [0.05, 0.1) is 30.4 Å². The van der Waals surface area contributed by atoms with E-state index < -0.39 is 5.97 Å². The van der Waals surface area contributed by atoms with Crippen molar-refractivity contribution in [3.8, 4) is 0 Å². The van der Waals surface area contributed by atoms with Gasteiger partial charge < -0.3 is 14.4 Å².